The third-order valence-corrected chi connectivity index (χ3v) is 1.82. The van der Waals surface area contributed by atoms with E-state index >= 15 is 0 Å². The summed E-state index contributed by atoms with van der Waals surface area (Å²) in [6, 6.07) is -0.726. The molecule has 13 heavy (non-hydrogen) atoms. The molecule has 0 amide bonds. The van der Waals surface area contributed by atoms with Gasteiger partial charge in [0.25, 0.3) is 0 Å². The highest BCUT2D eigenvalue weighted by Crippen LogP contribution is 2.06. The molecule has 5 atom stereocenters. The fourth-order valence-corrected chi connectivity index (χ4v) is 0.849. The zero-order valence-electron chi connectivity index (χ0n) is 7.41. The van der Waals surface area contributed by atoms with Crippen LogP contribution in [0.3, 0.4) is 0 Å². The highest BCUT2D eigenvalue weighted by Gasteiger charge is 2.31. The lowest BCUT2D eigenvalue weighted by Crippen LogP contribution is -2.51. The minimum Gasteiger partial charge on any atom is -0.394 e. The molecule has 6 nitrogen and oxygen atoms in total. The van der Waals surface area contributed by atoms with Crippen LogP contribution in [0.2, 0.25) is 0 Å². The third-order valence-electron chi connectivity index (χ3n) is 1.82. The minimum atomic E-state index is -1.61. The van der Waals surface area contributed by atoms with Gasteiger partial charge in [-0.15, -0.1) is 0 Å². The number of hydrogen-bond donors (Lipinski definition) is 6. The first-order valence-electron chi connectivity index (χ1n) is 4.00. The Morgan fingerprint density at radius 1 is 1.00 bits per heavy atom. The average molecular weight is 195 g/mol. The smallest absolute Gasteiger partial charge is 0.111 e. The summed E-state index contributed by atoms with van der Waals surface area (Å²) in [7, 11) is 0. The quantitative estimate of drug-likeness (QED) is 0.274. The van der Waals surface area contributed by atoms with Gasteiger partial charge in [-0.05, 0) is 6.92 Å². The molecule has 0 radical (unpaired) electrons. The summed E-state index contributed by atoms with van der Waals surface area (Å²) in [5.41, 5.74) is 5.25. The zero-order chi connectivity index (χ0) is 10.6. The maximum atomic E-state index is 9.21. The van der Waals surface area contributed by atoms with Gasteiger partial charge >= 0.3 is 0 Å². The summed E-state index contributed by atoms with van der Waals surface area (Å²) in [5, 5.41) is 44.9. The first kappa shape index (κ1) is 12.8. The van der Waals surface area contributed by atoms with E-state index < -0.39 is 37.1 Å². The van der Waals surface area contributed by atoms with Crippen LogP contribution in [-0.2, 0) is 0 Å². The van der Waals surface area contributed by atoms with Crippen molar-refractivity contribution in [1.82, 2.24) is 0 Å². The summed E-state index contributed by atoms with van der Waals surface area (Å²) in [6.07, 6.45) is -5.99. The van der Waals surface area contributed by atoms with Crippen LogP contribution in [0, 0.1) is 0 Å². The van der Waals surface area contributed by atoms with Gasteiger partial charge in [0.05, 0.1) is 12.7 Å². The molecule has 0 saturated heterocycles. The number of aliphatic hydroxyl groups excluding tert-OH is 5. The van der Waals surface area contributed by atoms with Gasteiger partial charge in [0, 0.05) is 6.04 Å². The van der Waals surface area contributed by atoms with Crippen LogP contribution in [-0.4, -0.2) is 62.6 Å². The number of nitrogens with two attached hydrogens (primary N) is 1. The molecule has 0 rings (SSSR count). The largest absolute Gasteiger partial charge is 0.394 e. The number of rotatable bonds is 5. The van der Waals surface area contributed by atoms with E-state index in [1.54, 1.807) is 0 Å². The Hall–Kier alpha value is -0.240. The van der Waals surface area contributed by atoms with E-state index in [0.29, 0.717) is 0 Å². The molecule has 7 N–H and O–H groups in total. The van der Waals surface area contributed by atoms with E-state index in [-0.39, 0.29) is 0 Å². The highest BCUT2D eigenvalue weighted by molar-refractivity contribution is 4.84. The molecular formula is C7H17NO5. The second kappa shape index (κ2) is 5.48. The maximum absolute atomic E-state index is 9.21. The van der Waals surface area contributed by atoms with Gasteiger partial charge < -0.3 is 31.3 Å². The van der Waals surface area contributed by atoms with E-state index in [0.717, 1.165) is 0 Å². The Kier molecular flexibility index (Phi) is 5.38. The normalized spacial score (nSPS) is 23.3. The van der Waals surface area contributed by atoms with Gasteiger partial charge in [-0.3, -0.25) is 0 Å². The minimum absolute atomic E-state index is 0.691. The van der Waals surface area contributed by atoms with E-state index in [4.69, 9.17) is 21.1 Å². The van der Waals surface area contributed by atoms with Crippen LogP contribution in [0.15, 0.2) is 0 Å². The molecule has 0 aromatic carbocycles. The van der Waals surface area contributed by atoms with Crippen molar-refractivity contribution < 1.29 is 25.5 Å². The van der Waals surface area contributed by atoms with Crippen LogP contribution < -0.4 is 5.73 Å². The Morgan fingerprint density at radius 3 is 1.77 bits per heavy atom. The zero-order valence-corrected chi connectivity index (χ0v) is 7.41. The SMILES string of the molecule is CC(N)[C@H](O)[C@@H](O)[C@H](O)[C@H](O)CO. The van der Waals surface area contributed by atoms with Crippen LogP contribution in [0.1, 0.15) is 6.92 Å². The monoisotopic (exact) mass is 195 g/mol. The molecule has 0 aliphatic heterocycles. The molecular weight excluding hydrogens is 178 g/mol. The Bertz CT molecular complexity index is 143. The van der Waals surface area contributed by atoms with E-state index in [9.17, 15) is 10.2 Å². The second-order valence-electron chi connectivity index (χ2n) is 3.08. The average Bonchev–Trinajstić information content (AvgIpc) is 2.12. The van der Waals surface area contributed by atoms with Crippen molar-refractivity contribution in [3.05, 3.63) is 0 Å². The van der Waals surface area contributed by atoms with Crippen LogP contribution in [0.5, 0.6) is 0 Å². The maximum Gasteiger partial charge on any atom is 0.111 e. The molecule has 80 valence electrons. The van der Waals surface area contributed by atoms with E-state index in [1.165, 1.54) is 6.92 Å². The van der Waals surface area contributed by atoms with Crippen molar-refractivity contribution in [3.8, 4) is 0 Å². The third kappa shape index (κ3) is 3.55. The summed E-state index contributed by atoms with van der Waals surface area (Å²) in [4.78, 5) is 0. The molecule has 0 heterocycles. The van der Waals surface area contributed by atoms with Crippen molar-refractivity contribution in [2.45, 2.75) is 37.4 Å². The summed E-state index contributed by atoms with van der Waals surface area (Å²) < 4.78 is 0. The fourth-order valence-electron chi connectivity index (χ4n) is 0.849. The Morgan fingerprint density at radius 2 is 1.46 bits per heavy atom. The topological polar surface area (TPSA) is 127 Å². The second-order valence-corrected chi connectivity index (χ2v) is 3.08. The van der Waals surface area contributed by atoms with Crippen molar-refractivity contribution in [3.63, 3.8) is 0 Å². The van der Waals surface area contributed by atoms with Gasteiger partial charge in [0.15, 0.2) is 0 Å². The van der Waals surface area contributed by atoms with Gasteiger partial charge in [-0.2, -0.15) is 0 Å². The standard InChI is InChI=1S/C7H17NO5/c1-3(8)5(11)7(13)6(12)4(10)2-9/h3-7,9-13H,2,8H2,1H3/t3?,4-,5+,6-,7-/m1/s1. The number of hydrogen-bond acceptors (Lipinski definition) is 6. The lowest BCUT2D eigenvalue weighted by molar-refractivity contribution is -0.118. The molecule has 6 heteroatoms. The fraction of sp³-hybridized carbons (Fsp3) is 1.00. The van der Waals surface area contributed by atoms with Gasteiger partial charge in [-0.25, -0.2) is 0 Å². The molecule has 0 spiro atoms. The predicted molar refractivity (Wildman–Crippen MR) is 44.8 cm³/mol. The molecule has 0 bridgehead atoms. The predicted octanol–water partition coefficient (Wildman–Crippen LogP) is -3.23. The first-order chi connectivity index (χ1) is 5.91. The molecule has 0 aromatic heterocycles. The first-order valence-corrected chi connectivity index (χ1v) is 4.00. The number of aliphatic hydroxyl groups is 5. The van der Waals surface area contributed by atoms with Crippen molar-refractivity contribution in [2.24, 2.45) is 5.73 Å². The van der Waals surface area contributed by atoms with Crippen molar-refractivity contribution >= 4 is 0 Å². The highest BCUT2D eigenvalue weighted by atomic mass is 16.4. The van der Waals surface area contributed by atoms with Crippen LogP contribution in [0.4, 0.5) is 0 Å². The Balaban J connectivity index is 4.15. The van der Waals surface area contributed by atoms with Crippen molar-refractivity contribution in [1.29, 1.82) is 0 Å². The van der Waals surface area contributed by atoms with Crippen molar-refractivity contribution in [2.75, 3.05) is 6.61 Å². The summed E-state index contributed by atoms with van der Waals surface area (Å²) in [6.45, 7) is 0.760. The van der Waals surface area contributed by atoms with E-state index in [1.807, 2.05) is 0 Å². The molecule has 0 saturated carbocycles. The molecule has 0 aliphatic rings. The molecule has 0 fully saturated rings. The lowest BCUT2D eigenvalue weighted by Gasteiger charge is -2.27. The Labute approximate surface area is 76.2 Å². The van der Waals surface area contributed by atoms with Crippen LogP contribution >= 0.6 is 0 Å². The van der Waals surface area contributed by atoms with Gasteiger partial charge in [0.2, 0.25) is 0 Å². The van der Waals surface area contributed by atoms with Crippen LogP contribution in [0.25, 0.3) is 0 Å². The van der Waals surface area contributed by atoms with Gasteiger partial charge in [-0.1, -0.05) is 0 Å². The van der Waals surface area contributed by atoms with E-state index in [2.05, 4.69) is 0 Å². The summed E-state index contributed by atoms with van der Waals surface area (Å²) >= 11 is 0. The lowest BCUT2D eigenvalue weighted by atomic mass is 9.99. The molecule has 1 unspecified atom stereocenters. The molecule has 0 aliphatic carbocycles. The molecule has 0 aromatic rings. The summed E-state index contributed by atoms with van der Waals surface area (Å²) in [5.74, 6) is 0. The van der Waals surface area contributed by atoms with Gasteiger partial charge in [0.1, 0.15) is 18.3 Å².